The Hall–Kier alpha value is -2.53. The first-order valence-electron chi connectivity index (χ1n) is 9.82. The summed E-state index contributed by atoms with van der Waals surface area (Å²) in [4.78, 5) is 17.4. The van der Waals surface area contributed by atoms with Crippen molar-refractivity contribution in [2.45, 2.75) is 43.7 Å². The molecule has 0 aliphatic carbocycles. The lowest BCUT2D eigenvalue weighted by atomic mass is 10.1. The first-order valence-corrected chi connectivity index (χ1v) is 10.9. The Morgan fingerprint density at radius 3 is 2.86 bits per heavy atom. The van der Waals surface area contributed by atoms with Gasteiger partial charge < -0.3 is 9.88 Å². The molecule has 2 heterocycles. The highest BCUT2D eigenvalue weighted by molar-refractivity contribution is 7.99. The summed E-state index contributed by atoms with van der Waals surface area (Å²) in [6.07, 6.45) is 5.61. The number of hydrogen-bond acceptors (Lipinski definition) is 3. The fourth-order valence-corrected chi connectivity index (χ4v) is 4.27. The molecule has 0 saturated heterocycles. The summed E-state index contributed by atoms with van der Waals surface area (Å²) in [6, 6.07) is 18.2. The van der Waals surface area contributed by atoms with Crippen LogP contribution in [-0.4, -0.2) is 20.7 Å². The van der Waals surface area contributed by atoms with Crippen LogP contribution in [0, 0.1) is 0 Å². The lowest BCUT2D eigenvalue weighted by Crippen LogP contribution is -2.22. The van der Waals surface area contributed by atoms with Gasteiger partial charge in [-0.15, -0.1) is 11.8 Å². The smallest absolute Gasteiger partial charge is 0.237 e. The van der Waals surface area contributed by atoms with Crippen LogP contribution < -0.4 is 5.32 Å². The molecule has 2 aromatic carbocycles. The second-order valence-corrected chi connectivity index (χ2v) is 8.53. The summed E-state index contributed by atoms with van der Waals surface area (Å²) in [7, 11) is 0. The van der Waals surface area contributed by atoms with Gasteiger partial charge in [-0.3, -0.25) is 4.79 Å². The second-order valence-electron chi connectivity index (χ2n) is 7.20. The monoisotopic (exact) mass is 391 g/mol. The topological polar surface area (TPSA) is 46.9 Å². The molecule has 1 aliphatic heterocycles. The molecule has 1 aromatic heterocycles. The maximum atomic E-state index is 12.6. The first kappa shape index (κ1) is 18.8. The number of nitrogens with zero attached hydrogens (tertiary/aromatic N) is 2. The highest BCUT2D eigenvalue weighted by Crippen LogP contribution is 2.25. The molecule has 0 bridgehead atoms. The van der Waals surface area contributed by atoms with Crippen LogP contribution in [0.15, 0.2) is 60.8 Å². The van der Waals surface area contributed by atoms with E-state index in [0.29, 0.717) is 0 Å². The number of aromatic nitrogens is 2. The van der Waals surface area contributed by atoms with E-state index in [2.05, 4.69) is 34.3 Å². The van der Waals surface area contributed by atoms with E-state index in [1.54, 1.807) is 11.8 Å². The van der Waals surface area contributed by atoms with Gasteiger partial charge in [0.25, 0.3) is 0 Å². The van der Waals surface area contributed by atoms with Crippen molar-refractivity contribution in [1.82, 2.24) is 9.55 Å². The number of aryl methyl sites for hydroxylation is 2. The number of anilines is 1. The van der Waals surface area contributed by atoms with Gasteiger partial charge in [0.1, 0.15) is 5.82 Å². The summed E-state index contributed by atoms with van der Waals surface area (Å²) in [5, 5.41) is 2.93. The largest absolute Gasteiger partial charge is 0.334 e. The zero-order chi connectivity index (χ0) is 19.3. The van der Waals surface area contributed by atoms with E-state index in [1.807, 2.05) is 43.3 Å². The van der Waals surface area contributed by atoms with E-state index in [9.17, 15) is 4.79 Å². The van der Waals surface area contributed by atoms with Crippen molar-refractivity contribution in [1.29, 1.82) is 0 Å². The van der Waals surface area contributed by atoms with Crippen LogP contribution in [0.25, 0.3) is 11.3 Å². The van der Waals surface area contributed by atoms with Crippen LogP contribution in [0.2, 0.25) is 0 Å². The molecule has 28 heavy (non-hydrogen) atoms. The summed E-state index contributed by atoms with van der Waals surface area (Å²) < 4.78 is 2.26. The van der Waals surface area contributed by atoms with Crippen molar-refractivity contribution < 1.29 is 4.79 Å². The number of carbonyl (C=O) groups excluding carboxylic acids is 1. The lowest BCUT2D eigenvalue weighted by molar-refractivity contribution is -0.115. The average molecular weight is 392 g/mol. The SMILES string of the molecule is CC(SCc1ccccc1)C(=O)Nc1cccc(-c2cn3c(n2)CCCC3)c1. The minimum atomic E-state index is -0.121. The van der Waals surface area contributed by atoms with E-state index in [-0.39, 0.29) is 11.2 Å². The first-order chi connectivity index (χ1) is 13.7. The van der Waals surface area contributed by atoms with E-state index < -0.39 is 0 Å². The number of rotatable bonds is 6. The van der Waals surface area contributed by atoms with Crippen LogP contribution in [-0.2, 0) is 23.5 Å². The molecule has 0 fully saturated rings. The Morgan fingerprint density at radius 1 is 1.18 bits per heavy atom. The number of carbonyl (C=O) groups is 1. The molecule has 0 saturated carbocycles. The molecule has 1 unspecified atom stereocenters. The second kappa shape index (κ2) is 8.65. The Labute approximate surface area is 170 Å². The normalized spacial score (nSPS) is 14.3. The number of benzene rings is 2. The van der Waals surface area contributed by atoms with Crippen molar-refractivity contribution in [2.24, 2.45) is 0 Å². The van der Waals surface area contributed by atoms with Gasteiger partial charge in [0, 0.05) is 36.2 Å². The number of thioether (sulfide) groups is 1. The van der Waals surface area contributed by atoms with Gasteiger partial charge in [-0.25, -0.2) is 4.98 Å². The van der Waals surface area contributed by atoms with Crippen molar-refractivity contribution in [3.05, 3.63) is 72.2 Å². The van der Waals surface area contributed by atoms with Crippen LogP contribution >= 0.6 is 11.8 Å². The Bertz CT molecular complexity index is 928. The van der Waals surface area contributed by atoms with Crippen LogP contribution in [0.4, 0.5) is 5.69 Å². The third-order valence-corrected chi connectivity index (χ3v) is 6.26. The molecule has 3 aromatic rings. The number of imidazole rings is 1. The maximum absolute atomic E-state index is 12.6. The lowest BCUT2D eigenvalue weighted by Gasteiger charge is -2.12. The standard InChI is InChI=1S/C23H25N3OS/c1-17(28-16-18-8-3-2-4-9-18)23(27)24-20-11-7-10-19(14-20)21-15-26-13-6-5-12-22(26)25-21/h2-4,7-11,14-15,17H,5-6,12-13,16H2,1H3,(H,24,27). The molecule has 5 heteroatoms. The molecule has 144 valence electrons. The minimum Gasteiger partial charge on any atom is -0.334 e. The van der Waals surface area contributed by atoms with Crippen LogP contribution in [0.1, 0.15) is 31.2 Å². The summed E-state index contributed by atoms with van der Waals surface area (Å²) >= 11 is 1.65. The number of hydrogen-bond donors (Lipinski definition) is 1. The van der Waals surface area contributed by atoms with E-state index in [4.69, 9.17) is 4.98 Å². The fraction of sp³-hybridized carbons (Fsp3) is 0.304. The number of fused-ring (bicyclic) bond motifs is 1. The Kier molecular flexibility index (Phi) is 5.81. The van der Waals surface area contributed by atoms with E-state index >= 15 is 0 Å². The van der Waals surface area contributed by atoms with Crippen molar-refractivity contribution in [3.8, 4) is 11.3 Å². The summed E-state index contributed by atoms with van der Waals surface area (Å²) in [5.74, 6) is 2.03. The maximum Gasteiger partial charge on any atom is 0.237 e. The molecule has 4 rings (SSSR count). The van der Waals surface area contributed by atoms with Gasteiger partial charge in [-0.1, -0.05) is 42.5 Å². The fourth-order valence-electron chi connectivity index (χ4n) is 3.42. The molecule has 0 radical (unpaired) electrons. The summed E-state index contributed by atoms with van der Waals surface area (Å²) in [6.45, 7) is 3.01. The molecular weight excluding hydrogens is 366 g/mol. The quantitative estimate of drug-likeness (QED) is 0.632. The van der Waals surface area contributed by atoms with Gasteiger partial charge >= 0.3 is 0 Å². The predicted octanol–water partition coefficient (Wildman–Crippen LogP) is 5.15. The molecular formula is C23H25N3OS. The third kappa shape index (κ3) is 4.47. The molecule has 1 amide bonds. The number of nitrogens with one attached hydrogen (secondary N) is 1. The van der Waals surface area contributed by atoms with Crippen LogP contribution in [0.3, 0.4) is 0 Å². The third-order valence-electron chi connectivity index (χ3n) is 5.05. The van der Waals surface area contributed by atoms with Crippen molar-refractivity contribution in [3.63, 3.8) is 0 Å². The zero-order valence-corrected chi connectivity index (χ0v) is 16.9. The molecule has 1 aliphatic rings. The average Bonchev–Trinajstić information content (AvgIpc) is 3.17. The Balaban J connectivity index is 1.40. The number of amides is 1. The highest BCUT2D eigenvalue weighted by Gasteiger charge is 2.16. The van der Waals surface area contributed by atoms with Gasteiger partial charge in [0.15, 0.2) is 0 Å². The molecule has 0 spiro atoms. The predicted molar refractivity (Wildman–Crippen MR) is 116 cm³/mol. The van der Waals surface area contributed by atoms with Gasteiger partial charge in [-0.2, -0.15) is 0 Å². The van der Waals surface area contributed by atoms with Gasteiger partial charge in [0.2, 0.25) is 5.91 Å². The van der Waals surface area contributed by atoms with Crippen molar-refractivity contribution in [2.75, 3.05) is 5.32 Å². The minimum absolute atomic E-state index is 0.0298. The molecule has 4 nitrogen and oxygen atoms in total. The highest BCUT2D eigenvalue weighted by atomic mass is 32.2. The zero-order valence-electron chi connectivity index (χ0n) is 16.1. The Morgan fingerprint density at radius 2 is 2.04 bits per heavy atom. The van der Waals surface area contributed by atoms with Crippen molar-refractivity contribution >= 4 is 23.4 Å². The molecule has 1 atom stereocenters. The summed E-state index contributed by atoms with van der Waals surface area (Å²) in [5.41, 5.74) is 4.09. The van der Waals surface area contributed by atoms with Crippen LogP contribution in [0.5, 0.6) is 0 Å². The van der Waals surface area contributed by atoms with Gasteiger partial charge in [-0.05, 0) is 37.5 Å². The van der Waals surface area contributed by atoms with E-state index in [1.165, 1.54) is 24.2 Å². The van der Waals surface area contributed by atoms with Gasteiger partial charge in [0.05, 0.1) is 10.9 Å². The van der Waals surface area contributed by atoms with E-state index in [0.717, 1.165) is 35.7 Å². The molecule has 1 N–H and O–H groups in total.